The van der Waals surface area contributed by atoms with Gasteiger partial charge in [-0.05, 0) is 60.9 Å². The zero-order chi connectivity index (χ0) is 20.6. The van der Waals surface area contributed by atoms with Crippen molar-refractivity contribution in [1.82, 2.24) is 4.90 Å². The van der Waals surface area contributed by atoms with Gasteiger partial charge in [0.25, 0.3) is 0 Å². The lowest BCUT2D eigenvalue weighted by Crippen LogP contribution is -2.52. The molecule has 29 heavy (non-hydrogen) atoms. The predicted molar refractivity (Wildman–Crippen MR) is 115 cm³/mol. The van der Waals surface area contributed by atoms with Crippen LogP contribution < -0.4 is 4.74 Å². The topological polar surface area (TPSA) is 46.6 Å². The number of aryl methyl sites for hydroxylation is 2. The number of Topliss-reactive ketones (excluding diaryl/α,β-unsaturated/α-hetero) is 1. The van der Waals surface area contributed by atoms with Crippen LogP contribution in [0.25, 0.3) is 6.08 Å². The maximum Gasteiger partial charge on any atom is 0.246 e. The van der Waals surface area contributed by atoms with Gasteiger partial charge in [0.1, 0.15) is 11.4 Å². The van der Waals surface area contributed by atoms with E-state index in [4.69, 9.17) is 16.3 Å². The Hall–Kier alpha value is -2.59. The number of carbonyl (C=O) groups excluding carboxylic acids is 2. The molecule has 150 valence electrons. The standard InChI is InChI=1S/C24H24ClNO3/c1-16-12-20-21(27)15-24(29-22(20)13-17(16)2)8-10-26(11-9-24)23(28)7-6-18-4-3-5-19(25)14-18/h3-7,12-14H,8-11,15H2,1-2H3/b7-6+. The Morgan fingerprint density at radius 2 is 1.86 bits per heavy atom. The molecular formula is C24H24ClNO3. The summed E-state index contributed by atoms with van der Waals surface area (Å²) >= 11 is 5.99. The van der Waals surface area contributed by atoms with E-state index in [1.807, 2.05) is 49.1 Å². The largest absolute Gasteiger partial charge is 0.486 e. The molecule has 1 saturated heterocycles. The van der Waals surface area contributed by atoms with Gasteiger partial charge in [-0.3, -0.25) is 9.59 Å². The van der Waals surface area contributed by atoms with E-state index in [1.165, 1.54) is 0 Å². The third-order valence-electron chi connectivity index (χ3n) is 5.96. The number of hydrogen-bond donors (Lipinski definition) is 0. The van der Waals surface area contributed by atoms with Crippen molar-refractivity contribution in [2.45, 2.75) is 38.7 Å². The van der Waals surface area contributed by atoms with Crippen LogP contribution in [-0.4, -0.2) is 35.3 Å². The second-order valence-corrected chi connectivity index (χ2v) is 8.47. The SMILES string of the molecule is Cc1cc2c(cc1C)C(=O)CC1(CCN(C(=O)/C=C/c3cccc(Cl)c3)CC1)O2. The number of piperidine rings is 1. The van der Waals surface area contributed by atoms with E-state index in [-0.39, 0.29) is 11.7 Å². The molecule has 1 spiro atoms. The van der Waals surface area contributed by atoms with Crippen LogP contribution in [0.5, 0.6) is 5.75 Å². The van der Waals surface area contributed by atoms with Gasteiger partial charge < -0.3 is 9.64 Å². The summed E-state index contributed by atoms with van der Waals surface area (Å²) < 4.78 is 6.35. The highest BCUT2D eigenvalue weighted by molar-refractivity contribution is 6.30. The molecule has 2 heterocycles. The third kappa shape index (κ3) is 4.08. The number of hydrogen-bond acceptors (Lipinski definition) is 3. The van der Waals surface area contributed by atoms with Crippen molar-refractivity contribution >= 4 is 29.4 Å². The normalized spacial score (nSPS) is 18.0. The van der Waals surface area contributed by atoms with E-state index < -0.39 is 5.60 Å². The predicted octanol–water partition coefficient (Wildman–Crippen LogP) is 5.00. The third-order valence-corrected chi connectivity index (χ3v) is 6.19. The van der Waals surface area contributed by atoms with Gasteiger partial charge in [-0.2, -0.15) is 0 Å². The quantitative estimate of drug-likeness (QED) is 0.656. The van der Waals surface area contributed by atoms with Crippen molar-refractivity contribution in [3.8, 4) is 5.75 Å². The number of ether oxygens (including phenoxy) is 1. The summed E-state index contributed by atoms with van der Waals surface area (Å²) in [4.78, 5) is 27.1. The van der Waals surface area contributed by atoms with E-state index >= 15 is 0 Å². The molecule has 0 bridgehead atoms. The molecular weight excluding hydrogens is 386 g/mol. The number of nitrogens with zero attached hydrogens (tertiary/aromatic N) is 1. The maximum absolute atomic E-state index is 12.7. The number of likely N-dealkylation sites (tertiary alicyclic amines) is 1. The van der Waals surface area contributed by atoms with E-state index in [0.717, 1.165) is 16.7 Å². The van der Waals surface area contributed by atoms with Crippen molar-refractivity contribution in [2.24, 2.45) is 0 Å². The van der Waals surface area contributed by atoms with Gasteiger partial charge in [0, 0.05) is 37.0 Å². The van der Waals surface area contributed by atoms with E-state index in [1.54, 1.807) is 18.2 Å². The molecule has 1 amide bonds. The highest BCUT2D eigenvalue weighted by atomic mass is 35.5. The lowest BCUT2D eigenvalue weighted by molar-refractivity contribution is -0.129. The van der Waals surface area contributed by atoms with Gasteiger partial charge in [0.2, 0.25) is 5.91 Å². The molecule has 2 aliphatic heterocycles. The molecule has 0 radical (unpaired) electrons. The number of fused-ring (bicyclic) bond motifs is 1. The first kappa shape index (κ1) is 19.7. The van der Waals surface area contributed by atoms with E-state index in [0.29, 0.717) is 48.7 Å². The Labute approximate surface area is 176 Å². The van der Waals surface area contributed by atoms with Crippen LogP contribution in [0.1, 0.15) is 46.3 Å². The van der Waals surface area contributed by atoms with Crippen LogP contribution in [0, 0.1) is 13.8 Å². The Balaban J connectivity index is 1.43. The fourth-order valence-corrected chi connectivity index (χ4v) is 4.24. The van der Waals surface area contributed by atoms with Gasteiger partial charge in [-0.25, -0.2) is 0 Å². The molecule has 0 aromatic heterocycles. The zero-order valence-electron chi connectivity index (χ0n) is 16.7. The fourth-order valence-electron chi connectivity index (χ4n) is 4.05. The molecule has 4 nitrogen and oxygen atoms in total. The molecule has 1 fully saturated rings. The summed E-state index contributed by atoms with van der Waals surface area (Å²) in [7, 11) is 0. The number of ketones is 1. The van der Waals surface area contributed by atoms with Crippen LogP contribution in [-0.2, 0) is 4.79 Å². The average molecular weight is 410 g/mol. The smallest absolute Gasteiger partial charge is 0.246 e. The lowest BCUT2D eigenvalue weighted by Gasteiger charge is -2.44. The first-order valence-corrected chi connectivity index (χ1v) is 10.3. The Bertz CT molecular complexity index is 1000. The van der Waals surface area contributed by atoms with Crippen LogP contribution in [0.3, 0.4) is 0 Å². The van der Waals surface area contributed by atoms with Crippen molar-refractivity contribution in [2.75, 3.05) is 13.1 Å². The summed E-state index contributed by atoms with van der Waals surface area (Å²) in [6.07, 6.45) is 5.05. The molecule has 4 rings (SSSR count). The summed E-state index contributed by atoms with van der Waals surface area (Å²) in [5, 5.41) is 0.643. The first-order valence-electron chi connectivity index (χ1n) is 9.91. The first-order chi connectivity index (χ1) is 13.8. The maximum atomic E-state index is 12.7. The second-order valence-electron chi connectivity index (χ2n) is 8.03. The van der Waals surface area contributed by atoms with Crippen molar-refractivity contribution < 1.29 is 14.3 Å². The fraction of sp³-hybridized carbons (Fsp3) is 0.333. The molecule has 0 N–H and O–H groups in total. The molecule has 2 aromatic carbocycles. The lowest BCUT2D eigenvalue weighted by atomic mass is 9.82. The summed E-state index contributed by atoms with van der Waals surface area (Å²) in [6.45, 7) is 5.19. The molecule has 0 unspecified atom stereocenters. The number of rotatable bonds is 2. The molecule has 2 aliphatic rings. The minimum Gasteiger partial charge on any atom is -0.486 e. The van der Waals surface area contributed by atoms with Crippen molar-refractivity contribution in [3.63, 3.8) is 0 Å². The van der Waals surface area contributed by atoms with E-state index in [2.05, 4.69) is 0 Å². The van der Waals surface area contributed by atoms with Crippen molar-refractivity contribution in [1.29, 1.82) is 0 Å². The van der Waals surface area contributed by atoms with Crippen LogP contribution >= 0.6 is 11.6 Å². The summed E-state index contributed by atoms with van der Waals surface area (Å²) in [6, 6.07) is 11.3. The molecule has 0 atom stereocenters. The molecule has 0 saturated carbocycles. The minimum absolute atomic E-state index is 0.0335. The van der Waals surface area contributed by atoms with Gasteiger partial charge in [-0.1, -0.05) is 23.7 Å². The highest BCUT2D eigenvalue weighted by Gasteiger charge is 2.43. The number of benzene rings is 2. The van der Waals surface area contributed by atoms with Gasteiger partial charge >= 0.3 is 0 Å². The molecule has 5 heteroatoms. The van der Waals surface area contributed by atoms with Gasteiger partial charge in [0.15, 0.2) is 5.78 Å². The number of carbonyl (C=O) groups is 2. The highest BCUT2D eigenvalue weighted by Crippen LogP contribution is 2.40. The number of halogens is 1. The average Bonchev–Trinajstić information content (AvgIpc) is 2.68. The Morgan fingerprint density at radius 3 is 2.59 bits per heavy atom. The van der Waals surface area contributed by atoms with Crippen LogP contribution in [0.15, 0.2) is 42.5 Å². The van der Waals surface area contributed by atoms with E-state index in [9.17, 15) is 9.59 Å². The Kier molecular flexibility index (Phi) is 5.22. The van der Waals surface area contributed by atoms with Crippen molar-refractivity contribution in [3.05, 3.63) is 69.8 Å². The van der Waals surface area contributed by atoms with Crippen LogP contribution in [0.4, 0.5) is 0 Å². The van der Waals surface area contributed by atoms with Crippen LogP contribution in [0.2, 0.25) is 5.02 Å². The molecule has 0 aliphatic carbocycles. The van der Waals surface area contributed by atoms with Gasteiger partial charge in [-0.15, -0.1) is 0 Å². The summed E-state index contributed by atoms with van der Waals surface area (Å²) in [5.74, 6) is 0.786. The summed E-state index contributed by atoms with van der Waals surface area (Å²) in [5.41, 5.74) is 3.29. The second kappa shape index (κ2) is 7.68. The zero-order valence-corrected chi connectivity index (χ0v) is 17.5. The van der Waals surface area contributed by atoms with Gasteiger partial charge in [0.05, 0.1) is 12.0 Å². The monoisotopic (exact) mass is 409 g/mol. The minimum atomic E-state index is -0.501. The number of amides is 1. The molecule has 2 aromatic rings. The Morgan fingerprint density at radius 1 is 1.14 bits per heavy atom.